The fourth-order valence-corrected chi connectivity index (χ4v) is 6.98. The van der Waals surface area contributed by atoms with Gasteiger partial charge in [0, 0.05) is 41.7 Å². The van der Waals surface area contributed by atoms with E-state index in [1.165, 1.54) is 16.7 Å². The van der Waals surface area contributed by atoms with Crippen LogP contribution in [0.1, 0.15) is 26.7 Å². The Morgan fingerprint density at radius 1 is 1.30 bits per heavy atom. The van der Waals surface area contributed by atoms with Gasteiger partial charge in [-0.2, -0.15) is 0 Å². The van der Waals surface area contributed by atoms with Crippen molar-refractivity contribution in [3.8, 4) is 0 Å². The smallest absolute Gasteiger partial charge is 0.353 e. The Balaban J connectivity index is 1.49. The van der Waals surface area contributed by atoms with E-state index in [0.29, 0.717) is 31.0 Å². The number of thioether (sulfide) groups is 1. The number of rotatable bonds is 5. The predicted octanol–water partition coefficient (Wildman–Crippen LogP) is -0.494. The van der Waals surface area contributed by atoms with E-state index >= 15 is 0 Å². The summed E-state index contributed by atoms with van der Waals surface area (Å²) in [7, 11) is 1.92. The molecule has 0 aromatic heterocycles. The summed E-state index contributed by atoms with van der Waals surface area (Å²) in [5.74, 6) is -2.07. The Bertz CT molecular complexity index is 802. The summed E-state index contributed by atoms with van der Waals surface area (Å²) >= 11 is 1.48. The molecule has 4 heterocycles. The third kappa shape index (κ3) is 3.34. The first-order valence-corrected chi connectivity index (χ1v) is 11.4. The predicted molar refractivity (Wildman–Crippen MR) is 111 cm³/mol. The minimum Gasteiger partial charge on any atom is -0.477 e. The van der Waals surface area contributed by atoms with E-state index < -0.39 is 18.0 Å². The summed E-state index contributed by atoms with van der Waals surface area (Å²) in [6, 6.07) is -0.506. The zero-order chi connectivity index (χ0) is 21.9. The summed E-state index contributed by atoms with van der Waals surface area (Å²) in [5.41, 5.74) is 5.99. The average molecular weight is 439 g/mol. The topological polar surface area (TPSA) is 127 Å². The molecule has 3 saturated heterocycles. The number of hydrogen-bond acceptors (Lipinski definition) is 7. The number of hydrogen-bond donors (Lipinski definition) is 3. The number of nitrogens with two attached hydrogens (primary N) is 1. The third-order valence-electron chi connectivity index (χ3n) is 6.94. The molecular formula is C20H30N4O5S. The van der Waals surface area contributed by atoms with Crippen molar-refractivity contribution in [1.29, 1.82) is 0 Å². The van der Waals surface area contributed by atoms with Crippen molar-refractivity contribution in [2.75, 3.05) is 26.7 Å². The van der Waals surface area contributed by atoms with E-state index in [-0.39, 0.29) is 46.8 Å². The van der Waals surface area contributed by atoms with Crippen molar-refractivity contribution in [2.24, 2.45) is 17.6 Å². The molecule has 4 rings (SSSR count). The van der Waals surface area contributed by atoms with E-state index in [0.717, 1.165) is 6.42 Å². The lowest BCUT2D eigenvalue weighted by atomic mass is 9.79. The zero-order valence-corrected chi connectivity index (χ0v) is 18.3. The number of carboxylic acid groups (broad SMARTS) is 1. The Morgan fingerprint density at radius 3 is 2.57 bits per heavy atom. The maximum atomic E-state index is 12.9. The van der Waals surface area contributed by atoms with E-state index in [2.05, 4.69) is 0 Å². The number of fused-ring (bicyclic) bond motifs is 1. The number of aliphatic carboxylic acids is 1. The molecule has 30 heavy (non-hydrogen) atoms. The van der Waals surface area contributed by atoms with Gasteiger partial charge >= 0.3 is 5.97 Å². The van der Waals surface area contributed by atoms with Gasteiger partial charge in [-0.3, -0.25) is 14.5 Å². The lowest BCUT2D eigenvalue weighted by Gasteiger charge is -2.46. The normalized spacial score (nSPS) is 37.6. The molecule has 2 amide bonds. The van der Waals surface area contributed by atoms with Crippen LogP contribution >= 0.6 is 11.8 Å². The number of likely N-dealkylation sites (tertiary alicyclic amines) is 2. The first kappa shape index (κ1) is 21.6. The zero-order valence-electron chi connectivity index (χ0n) is 17.5. The molecule has 3 fully saturated rings. The van der Waals surface area contributed by atoms with Crippen molar-refractivity contribution < 1.29 is 24.6 Å². The SMILES string of the molecule is C[C@@H](O)[C@H]1C(=O)N2C(C(=O)O)=C(S[C@H]3C[C@@H](C(=O)N4CC[C@@H](N)C4)N(C)C3)[C@H](C)[C@H]12. The highest BCUT2D eigenvalue weighted by atomic mass is 32.2. The third-order valence-corrected chi connectivity index (χ3v) is 8.43. The molecule has 0 radical (unpaired) electrons. The first-order valence-electron chi connectivity index (χ1n) is 10.5. The molecule has 0 aromatic carbocycles. The van der Waals surface area contributed by atoms with Gasteiger partial charge in [-0.15, -0.1) is 11.8 Å². The molecule has 4 aliphatic rings. The highest BCUT2D eigenvalue weighted by Gasteiger charge is 2.60. The number of β-lactam (4-membered cyclic amide) rings is 1. The summed E-state index contributed by atoms with van der Waals surface area (Å²) in [4.78, 5) is 43.3. The molecule has 0 saturated carbocycles. The Kier molecular flexibility index (Phi) is 5.63. The molecule has 4 aliphatic heterocycles. The Hall–Kier alpha value is -1.62. The van der Waals surface area contributed by atoms with E-state index in [1.807, 2.05) is 23.8 Å². The van der Waals surface area contributed by atoms with Crippen LogP contribution in [0.4, 0.5) is 0 Å². The van der Waals surface area contributed by atoms with Gasteiger partial charge in [0.15, 0.2) is 0 Å². The monoisotopic (exact) mass is 438 g/mol. The number of carbonyl (C=O) groups excluding carboxylic acids is 2. The van der Waals surface area contributed by atoms with Gasteiger partial charge in [0.1, 0.15) is 5.70 Å². The van der Waals surface area contributed by atoms with Crippen LogP contribution in [0.2, 0.25) is 0 Å². The van der Waals surface area contributed by atoms with Crippen molar-refractivity contribution in [3.63, 3.8) is 0 Å². The van der Waals surface area contributed by atoms with Crippen molar-refractivity contribution in [2.45, 2.75) is 56.2 Å². The van der Waals surface area contributed by atoms with Gasteiger partial charge in [0.25, 0.3) is 0 Å². The molecule has 4 N–H and O–H groups in total. The molecule has 7 atom stereocenters. The van der Waals surface area contributed by atoms with Gasteiger partial charge in [-0.1, -0.05) is 6.92 Å². The van der Waals surface area contributed by atoms with E-state index in [4.69, 9.17) is 5.73 Å². The summed E-state index contributed by atoms with van der Waals surface area (Å²) in [5, 5.41) is 19.8. The highest BCUT2D eigenvalue weighted by molar-refractivity contribution is 8.03. The lowest BCUT2D eigenvalue weighted by Crippen LogP contribution is -2.63. The van der Waals surface area contributed by atoms with Gasteiger partial charge in [0.05, 0.1) is 24.1 Å². The molecule has 0 aliphatic carbocycles. The molecule has 0 bridgehead atoms. The summed E-state index contributed by atoms with van der Waals surface area (Å²) < 4.78 is 0. The van der Waals surface area contributed by atoms with Crippen molar-refractivity contribution in [1.82, 2.24) is 14.7 Å². The van der Waals surface area contributed by atoms with Crippen LogP contribution in [0.25, 0.3) is 0 Å². The summed E-state index contributed by atoms with van der Waals surface area (Å²) in [6.07, 6.45) is 0.641. The maximum Gasteiger partial charge on any atom is 0.353 e. The number of carbonyl (C=O) groups is 3. The highest BCUT2D eigenvalue weighted by Crippen LogP contribution is 2.52. The molecule has 0 spiro atoms. The van der Waals surface area contributed by atoms with Crippen LogP contribution in [-0.4, -0.2) is 98.9 Å². The fourth-order valence-electron chi connectivity index (χ4n) is 5.38. The molecular weight excluding hydrogens is 408 g/mol. The standard InChI is InChI=1S/C20H30N4O5S/c1-9-15-14(10(2)25)19(27)24(15)16(20(28)29)17(9)30-12-6-13(22(3)8-12)18(26)23-5-4-11(21)7-23/h9-15,25H,4-8,21H2,1-3H3,(H,28,29)/t9-,10-,11-,12+,13+,14-,15-/m1/s1. The minimum absolute atomic E-state index is 0.0392. The second-order valence-electron chi connectivity index (χ2n) is 9.04. The molecule has 10 heteroatoms. The van der Waals surface area contributed by atoms with Crippen LogP contribution in [0.15, 0.2) is 10.6 Å². The molecule has 0 aromatic rings. The van der Waals surface area contributed by atoms with Crippen LogP contribution < -0.4 is 5.73 Å². The van der Waals surface area contributed by atoms with Crippen molar-refractivity contribution >= 4 is 29.5 Å². The van der Waals surface area contributed by atoms with Crippen LogP contribution in [-0.2, 0) is 14.4 Å². The largest absolute Gasteiger partial charge is 0.477 e. The number of aliphatic hydroxyl groups excluding tert-OH is 1. The fraction of sp³-hybridized carbons (Fsp3) is 0.750. The van der Waals surface area contributed by atoms with Gasteiger partial charge in [-0.25, -0.2) is 4.79 Å². The molecule has 9 nitrogen and oxygen atoms in total. The van der Waals surface area contributed by atoms with Crippen LogP contribution in [0, 0.1) is 11.8 Å². The van der Waals surface area contributed by atoms with E-state index in [1.54, 1.807) is 6.92 Å². The number of carboxylic acids is 1. The number of amides is 2. The van der Waals surface area contributed by atoms with Gasteiger partial charge in [0.2, 0.25) is 11.8 Å². The van der Waals surface area contributed by atoms with Crippen molar-refractivity contribution in [3.05, 3.63) is 10.6 Å². The lowest BCUT2D eigenvalue weighted by molar-refractivity contribution is -0.163. The van der Waals surface area contributed by atoms with Gasteiger partial charge in [-0.05, 0) is 26.8 Å². The second-order valence-corrected chi connectivity index (χ2v) is 10.4. The van der Waals surface area contributed by atoms with E-state index in [9.17, 15) is 24.6 Å². The van der Waals surface area contributed by atoms with Crippen LogP contribution in [0.5, 0.6) is 0 Å². The quantitative estimate of drug-likeness (QED) is 0.491. The summed E-state index contributed by atoms with van der Waals surface area (Å²) in [6.45, 7) is 5.44. The number of nitrogens with zero attached hydrogens (tertiary/aromatic N) is 3. The second kappa shape index (κ2) is 7.81. The van der Waals surface area contributed by atoms with Crippen LogP contribution in [0.3, 0.4) is 0 Å². The number of likely N-dealkylation sites (N-methyl/N-ethyl adjacent to an activating group) is 1. The molecule has 166 valence electrons. The minimum atomic E-state index is -1.12. The van der Waals surface area contributed by atoms with Gasteiger partial charge < -0.3 is 25.7 Å². The maximum absolute atomic E-state index is 12.9. The number of aliphatic hydroxyl groups is 1. The Labute approximate surface area is 180 Å². The average Bonchev–Trinajstić information content (AvgIpc) is 3.31. The first-order chi connectivity index (χ1) is 14.1. The Morgan fingerprint density at radius 2 is 2.00 bits per heavy atom. The molecule has 0 unspecified atom stereocenters.